The Bertz CT molecular complexity index is 297. The molecule has 2 rings (SSSR count). The van der Waals surface area contributed by atoms with Crippen LogP contribution in [0.25, 0.3) is 0 Å². The van der Waals surface area contributed by atoms with Gasteiger partial charge in [-0.2, -0.15) is 0 Å². The van der Waals surface area contributed by atoms with Gasteiger partial charge in [0.2, 0.25) is 0 Å². The van der Waals surface area contributed by atoms with Crippen LogP contribution in [0.2, 0.25) is 38.3 Å². The first-order valence-electron chi connectivity index (χ1n) is 10.6. The maximum Gasteiger partial charge on any atom is 0.173 e. The molecule has 0 amide bonds. The Morgan fingerprint density at radius 3 is 1.30 bits per heavy atom. The predicted octanol–water partition coefficient (Wildman–Crippen LogP) is 7.35. The minimum atomic E-state index is -1.45. The molecule has 0 aromatic heterocycles. The molecule has 2 aliphatic carbocycles. The standard InChI is InChI=1S/C20H42OSi2/c1-22(2,17-15-19-11-7-5-8-12-19)21-23(3,4)18-16-20-13-9-6-10-14-20/h19-20H,5-18H2,1-4H3. The molecule has 0 aromatic rings. The Labute approximate surface area is 148 Å². The van der Waals surface area contributed by atoms with E-state index < -0.39 is 16.6 Å². The molecule has 23 heavy (non-hydrogen) atoms. The van der Waals surface area contributed by atoms with Crippen LogP contribution >= 0.6 is 0 Å². The monoisotopic (exact) mass is 354 g/mol. The molecule has 0 aliphatic heterocycles. The van der Waals surface area contributed by atoms with E-state index in [9.17, 15) is 0 Å². The Morgan fingerprint density at radius 1 is 0.609 bits per heavy atom. The van der Waals surface area contributed by atoms with Crippen molar-refractivity contribution in [2.75, 3.05) is 0 Å². The van der Waals surface area contributed by atoms with Crippen LogP contribution in [0.5, 0.6) is 0 Å². The van der Waals surface area contributed by atoms with Gasteiger partial charge >= 0.3 is 0 Å². The fourth-order valence-electron chi connectivity index (χ4n) is 4.91. The van der Waals surface area contributed by atoms with E-state index in [1.165, 1.54) is 89.1 Å². The van der Waals surface area contributed by atoms with Crippen molar-refractivity contribution in [2.45, 2.75) is 115 Å². The molecular formula is C20H42OSi2. The van der Waals surface area contributed by atoms with Crippen LogP contribution in [0.3, 0.4) is 0 Å². The molecule has 0 radical (unpaired) electrons. The summed E-state index contributed by atoms with van der Waals surface area (Å²) in [5.41, 5.74) is 0. The van der Waals surface area contributed by atoms with Gasteiger partial charge in [0, 0.05) is 0 Å². The van der Waals surface area contributed by atoms with E-state index >= 15 is 0 Å². The van der Waals surface area contributed by atoms with E-state index in [0.717, 1.165) is 11.8 Å². The Kier molecular flexibility index (Phi) is 7.88. The zero-order valence-corrected chi connectivity index (χ0v) is 18.5. The van der Waals surface area contributed by atoms with Crippen molar-refractivity contribution >= 4 is 16.6 Å². The molecule has 0 heterocycles. The van der Waals surface area contributed by atoms with Crippen LogP contribution < -0.4 is 0 Å². The van der Waals surface area contributed by atoms with E-state index in [-0.39, 0.29) is 0 Å². The van der Waals surface area contributed by atoms with Crippen molar-refractivity contribution in [3.63, 3.8) is 0 Å². The van der Waals surface area contributed by atoms with Crippen LogP contribution in [0, 0.1) is 11.8 Å². The van der Waals surface area contributed by atoms with Crippen molar-refractivity contribution in [3.05, 3.63) is 0 Å². The van der Waals surface area contributed by atoms with Gasteiger partial charge in [-0.1, -0.05) is 77.0 Å². The number of hydrogen-bond acceptors (Lipinski definition) is 1. The predicted molar refractivity (Wildman–Crippen MR) is 108 cm³/mol. The number of hydrogen-bond donors (Lipinski definition) is 0. The second-order valence-corrected chi connectivity index (χ2v) is 18.6. The van der Waals surface area contributed by atoms with E-state index in [2.05, 4.69) is 26.2 Å². The lowest BCUT2D eigenvalue weighted by atomic mass is 9.88. The van der Waals surface area contributed by atoms with Gasteiger partial charge in [-0.25, -0.2) is 0 Å². The summed E-state index contributed by atoms with van der Waals surface area (Å²) in [6.07, 6.45) is 17.8. The van der Waals surface area contributed by atoms with Gasteiger partial charge in [0.15, 0.2) is 16.6 Å². The largest absolute Gasteiger partial charge is 0.455 e. The maximum absolute atomic E-state index is 6.89. The molecular weight excluding hydrogens is 312 g/mol. The summed E-state index contributed by atoms with van der Waals surface area (Å²) < 4.78 is 6.89. The first-order valence-corrected chi connectivity index (χ1v) is 16.8. The van der Waals surface area contributed by atoms with Gasteiger partial charge in [-0.15, -0.1) is 0 Å². The maximum atomic E-state index is 6.89. The van der Waals surface area contributed by atoms with Crippen LogP contribution in [-0.4, -0.2) is 16.6 Å². The second kappa shape index (κ2) is 9.19. The van der Waals surface area contributed by atoms with Crippen molar-refractivity contribution in [1.82, 2.24) is 0 Å². The third-order valence-corrected chi connectivity index (χ3v) is 13.7. The molecule has 0 saturated heterocycles. The number of rotatable bonds is 8. The Hall–Kier alpha value is 0.394. The molecule has 1 nitrogen and oxygen atoms in total. The molecule has 2 aliphatic rings. The molecule has 2 saturated carbocycles. The fourth-order valence-corrected chi connectivity index (χ4v) is 13.9. The average molecular weight is 355 g/mol. The lowest BCUT2D eigenvalue weighted by molar-refractivity contribution is 0.341. The third-order valence-electron chi connectivity index (χ3n) is 6.31. The van der Waals surface area contributed by atoms with Crippen LogP contribution in [0.4, 0.5) is 0 Å². The van der Waals surface area contributed by atoms with Crippen LogP contribution in [-0.2, 0) is 4.12 Å². The van der Waals surface area contributed by atoms with E-state index in [1.807, 2.05) is 0 Å². The SMILES string of the molecule is C[Si](C)(CCC1CCCCC1)O[Si](C)(C)CCC1CCCCC1. The minimum Gasteiger partial charge on any atom is -0.455 e. The highest BCUT2D eigenvalue weighted by Gasteiger charge is 2.33. The zero-order valence-electron chi connectivity index (χ0n) is 16.5. The van der Waals surface area contributed by atoms with Crippen molar-refractivity contribution in [2.24, 2.45) is 11.8 Å². The second-order valence-electron chi connectivity index (χ2n) is 9.71. The molecule has 0 atom stereocenters. The summed E-state index contributed by atoms with van der Waals surface area (Å²) in [5.74, 6) is 2.04. The molecule has 0 aromatic carbocycles. The zero-order chi connectivity index (χ0) is 16.8. The summed E-state index contributed by atoms with van der Waals surface area (Å²) in [7, 11) is -2.90. The summed E-state index contributed by atoms with van der Waals surface area (Å²) in [6.45, 7) is 9.97. The van der Waals surface area contributed by atoms with E-state index in [4.69, 9.17) is 4.12 Å². The van der Waals surface area contributed by atoms with E-state index in [1.54, 1.807) is 0 Å². The summed E-state index contributed by atoms with van der Waals surface area (Å²) >= 11 is 0. The van der Waals surface area contributed by atoms with Gasteiger partial charge in [0.1, 0.15) is 0 Å². The quantitative estimate of drug-likeness (QED) is 0.414. The van der Waals surface area contributed by atoms with Gasteiger partial charge in [0.25, 0.3) is 0 Å². The average Bonchev–Trinajstić information content (AvgIpc) is 2.52. The first-order chi connectivity index (χ1) is 10.9. The normalized spacial score (nSPS) is 22.4. The molecule has 0 bridgehead atoms. The minimum absolute atomic E-state index is 1.02. The lowest BCUT2D eigenvalue weighted by Gasteiger charge is -2.36. The van der Waals surface area contributed by atoms with Crippen molar-refractivity contribution in [1.29, 1.82) is 0 Å². The van der Waals surface area contributed by atoms with Gasteiger partial charge in [0.05, 0.1) is 0 Å². The smallest absolute Gasteiger partial charge is 0.173 e. The first kappa shape index (κ1) is 19.7. The highest BCUT2D eigenvalue weighted by Crippen LogP contribution is 2.33. The molecule has 0 unspecified atom stereocenters. The third kappa shape index (κ3) is 7.87. The Morgan fingerprint density at radius 2 is 0.957 bits per heavy atom. The summed E-state index contributed by atoms with van der Waals surface area (Å²) in [5, 5.41) is 0. The highest BCUT2D eigenvalue weighted by molar-refractivity contribution is 6.84. The van der Waals surface area contributed by atoms with Crippen LogP contribution in [0.1, 0.15) is 77.0 Å². The van der Waals surface area contributed by atoms with Gasteiger partial charge in [-0.05, 0) is 50.1 Å². The van der Waals surface area contributed by atoms with Crippen molar-refractivity contribution in [3.8, 4) is 0 Å². The van der Waals surface area contributed by atoms with E-state index in [0.29, 0.717) is 0 Å². The fraction of sp³-hybridized carbons (Fsp3) is 1.00. The Balaban J connectivity index is 1.70. The molecule has 0 spiro atoms. The summed E-state index contributed by atoms with van der Waals surface area (Å²) in [6, 6.07) is 2.80. The molecule has 0 N–H and O–H groups in total. The molecule has 3 heteroatoms. The molecule has 2 fully saturated rings. The van der Waals surface area contributed by atoms with Crippen LogP contribution in [0.15, 0.2) is 0 Å². The van der Waals surface area contributed by atoms with Gasteiger partial charge in [-0.3, -0.25) is 0 Å². The van der Waals surface area contributed by atoms with Gasteiger partial charge < -0.3 is 4.12 Å². The summed E-state index contributed by atoms with van der Waals surface area (Å²) in [4.78, 5) is 0. The topological polar surface area (TPSA) is 9.23 Å². The molecule has 136 valence electrons. The highest BCUT2D eigenvalue weighted by atomic mass is 28.4. The lowest BCUT2D eigenvalue weighted by Crippen LogP contribution is -2.44. The van der Waals surface area contributed by atoms with Crippen molar-refractivity contribution < 1.29 is 4.12 Å².